The Balaban J connectivity index is 1.36. The summed E-state index contributed by atoms with van der Waals surface area (Å²) in [6.07, 6.45) is -1.16. The fourth-order valence-electron chi connectivity index (χ4n) is 5.53. The lowest BCUT2D eigenvalue weighted by Crippen LogP contribution is -2.38. The molecule has 5 aromatic rings. The van der Waals surface area contributed by atoms with Gasteiger partial charge in [0, 0.05) is 21.7 Å². The topological polar surface area (TPSA) is 47.5 Å². The smallest absolute Gasteiger partial charge is 0.416 e. The minimum absolute atomic E-state index is 0.191. The van der Waals surface area contributed by atoms with Gasteiger partial charge in [-0.3, -0.25) is 9.36 Å². The summed E-state index contributed by atoms with van der Waals surface area (Å²) in [6, 6.07) is 24.2. The SMILES string of the molecule is O=c1/c(=C/c2ccc(-c3cccc(C(F)(F)F)c3)o2)sc2n1[C@H](c1ccc(Br)cc1)C1=C(N=2)c2ccccc2CC1. The number of thiazole rings is 1. The zero-order valence-electron chi connectivity index (χ0n) is 21.3. The van der Waals surface area contributed by atoms with Crippen LogP contribution in [0.15, 0.2) is 109 Å². The normalized spacial score (nSPS) is 16.7. The Labute approximate surface area is 244 Å². The number of aryl methyl sites for hydroxylation is 1. The Kier molecular flexibility index (Phi) is 6.24. The van der Waals surface area contributed by atoms with Gasteiger partial charge in [0.05, 0.1) is 21.8 Å². The zero-order valence-corrected chi connectivity index (χ0v) is 23.7. The second-order valence-corrected chi connectivity index (χ2v) is 11.9. The van der Waals surface area contributed by atoms with E-state index in [9.17, 15) is 18.0 Å². The average Bonchev–Trinajstić information content (AvgIpc) is 3.56. The molecule has 0 N–H and O–H groups in total. The van der Waals surface area contributed by atoms with E-state index in [1.807, 2.05) is 36.4 Å². The Morgan fingerprint density at radius 2 is 1.78 bits per heavy atom. The highest BCUT2D eigenvalue weighted by atomic mass is 79.9. The van der Waals surface area contributed by atoms with Crippen molar-refractivity contribution >= 4 is 39.0 Å². The van der Waals surface area contributed by atoms with Crippen molar-refractivity contribution in [2.24, 2.45) is 4.99 Å². The van der Waals surface area contributed by atoms with Crippen LogP contribution in [0.4, 0.5) is 13.2 Å². The number of nitrogens with zero attached hydrogens (tertiary/aromatic N) is 2. The first-order valence-corrected chi connectivity index (χ1v) is 14.5. The van der Waals surface area contributed by atoms with E-state index < -0.39 is 11.7 Å². The molecule has 9 heteroatoms. The lowest BCUT2D eigenvalue weighted by atomic mass is 9.83. The average molecular weight is 633 g/mol. The summed E-state index contributed by atoms with van der Waals surface area (Å²) < 4.78 is 48.7. The van der Waals surface area contributed by atoms with Crippen molar-refractivity contribution in [2.45, 2.75) is 25.1 Å². The first-order valence-electron chi connectivity index (χ1n) is 12.9. The van der Waals surface area contributed by atoms with Crippen molar-refractivity contribution in [3.63, 3.8) is 0 Å². The molecule has 2 aromatic heterocycles. The number of hydrogen-bond acceptors (Lipinski definition) is 4. The zero-order chi connectivity index (χ0) is 28.3. The summed E-state index contributed by atoms with van der Waals surface area (Å²) in [5, 5.41) is 0. The van der Waals surface area contributed by atoms with Crippen LogP contribution in [0.2, 0.25) is 0 Å². The molecule has 0 bridgehead atoms. The molecular formula is C32H20BrF3N2O2S. The van der Waals surface area contributed by atoms with Crippen molar-refractivity contribution < 1.29 is 17.6 Å². The fourth-order valence-corrected chi connectivity index (χ4v) is 6.78. The predicted octanol–water partition coefficient (Wildman–Crippen LogP) is 7.36. The number of halogens is 4. The van der Waals surface area contributed by atoms with Gasteiger partial charge in [0.2, 0.25) is 0 Å². The third-order valence-electron chi connectivity index (χ3n) is 7.43. The quantitative estimate of drug-likeness (QED) is 0.209. The molecule has 41 heavy (non-hydrogen) atoms. The third-order valence-corrected chi connectivity index (χ3v) is 8.94. The van der Waals surface area contributed by atoms with Gasteiger partial charge in [-0.15, -0.1) is 0 Å². The van der Waals surface area contributed by atoms with Crippen LogP contribution < -0.4 is 14.9 Å². The van der Waals surface area contributed by atoms with Gasteiger partial charge in [-0.25, -0.2) is 4.99 Å². The number of furan rings is 1. The summed E-state index contributed by atoms with van der Waals surface area (Å²) in [5.74, 6) is 0.659. The van der Waals surface area contributed by atoms with Crippen LogP contribution in [0.5, 0.6) is 0 Å². The maximum Gasteiger partial charge on any atom is 0.416 e. The van der Waals surface area contributed by atoms with Gasteiger partial charge in [0.1, 0.15) is 11.5 Å². The summed E-state index contributed by atoms with van der Waals surface area (Å²) in [7, 11) is 0. The molecule has 7 rings (SSSR count). The summed E-state index contributed by atoms with van der Waals surface area (Å²) >= 11 is 4.79. The van der Waals surface area contributed by atoms with Gasteiger partial charge in [0.15, 0.2) is 4.80 Å². The van der Waals surface area contributed by atoms with E-state index in [4.69, 9.17) is 9.41 Å². The molecule has 1 aliphatic heterocycles. The van der Waals surface area contributed by atoms with Crippen molar-refractivity contribution in [1.82, 2.24) is 4.57 Å². The van der Waals surface area contributed by atoms with E-state index in [0.717, 1.165) is 51.8 Å². The molecule has 0 amide bonds. The second-order valence-electron chi connectivity index (χ2n) is 9.95. The lowest BCUT2D eigenvalue weighted by Gasteiger charge is -2.30. The van der Waals surface area contributed by atoms with Gasteiger partial charge in [0.25, 0.3) is 5.56 Å². The van der Waals surface area contributed by atoms with E-state index >= 15 is 0 Å². The van der Waals surface area contributed by atoms with Crippen LogP contribution in [-0.4, -0.2) is 4.57 Å². The predicted molar refractivity (Wildman–Crippen MR) is 156 cm³/mol. The van der Waals surface area contributed by atoms with Crippen LogP contribution in [0.25, 0.3) is 23.1 Å². The Bertz CT molecular complexity index is 2030. The molecule has 3 heterocycles. The Morgan fingerprint density at radius 3 is 2.59 bits per heavy atom. The van der Waals surface area contributed by atoms with Crippen molar-refractivity contribution in [1.29, 1.82) is 0 Å². The molecule has 0 saturated carbocycles. The van der Waals surface area contributed by atoms with Crippen LogP contribution in [0, 0.1) is 0 Å². The first-order chi connectivity index (χ1) is 19.8. The van der Waals surface area contributed by atoms with Gasteiger partial charge in [-0.05, 0) is 65.9 Å². The standard InChI is InChI=1S/C32H20BrF3N2O2S/c33-22-11-8-19(9-12-22)29-25-14-10-18-4-1-2-7-24(18)28(25)37-31-38(29)30(39)27(41-31)17-23-13-15-26(40-23)20-5-3-6-21(16-20)32(34,35)36/h1-9,11-13,15-17,29H,10,14H2/b27-17-/t29-/m1/s1. The van der Waals surface area contributed by atoms with E-state index in [2.05, 4.69) is 28.1 Å². The molecule has 3 aromatic carbocycles. The molecule has 1 aliphatic carbocycles. The van der Waals surface area contributed by atoms with E-state index in [-0.39, 0.29) is 17.4 Å². The van der Waals surface area contributed by atoms with Crippen molar-refractivity contribution in [3.05, 3.63) is 143 Å². The number of fused-ring (bicyclic) bond motifs is 3. The molecule has 0 fully saturated rings. The van der Waals surface area contributed by atoms with Gasteiger partial charge < -0.3 is 4.42 Å². The number of benzene rings is 3. The molecule has 204 valence electrons. The van der Waals surface area contributed by atoms with Crippen molar-refractivity contribution in [3.8, 4) is 11.3 Å². The fraction of sp³-hybridized carbons (Fsp3) is 0.125. The number of hydrogen-bond donors (Lipinski definition) is 0. The Hall–Kier alpha value is -3.95. The summed E-state index contributed by atoms with van der Waals surface area (Å²) in [4.78, 5) is 19.5. The molecular weight excluding hydrogens is 613 g/mol. The van der Waals surface area contributed by atoms with Crippen LogP contribution in [-0.2, 0) is 12.6 Å². The van der Waals surface area contributed by atoms with E-state index in [1.54, 1.807) is 28.8 Å². The molecule has 0 saturated heterocycles. The van der Waals surface area contributed by atoms with Crippen molar-refractivity contribution in [2.75, 3.05) is 0 Å². The number of allylic oxidation sites excluding steroid dienone is 1. The highest BCUT2D eigenvalue weighted by Crippen LogP contribution is 2.41. The van der Waals surface area contributed by atoms with Gasteiger partial charge in [-0.2, -0.15) is 13.2 Å². The third kappa shape index (κ3) is 4.63. The molecule has 0 radical (unpaired) electrons. The van der Waals surface area contributed by atoms with Crippen LogP contribution in [0.1, 0.15) is 40.5 Å². The first kappa shape index (κ1) is 26.0. The molecule has 1 atom stereocenters. The highest BCUT2D eigenvalue weighted by Gasteiger charge is 2.33. The Morgan fingerprint density at radius 1 is 0.976 bits per heavy atom. The number of rotatable bonds is 3. The maximum atomic E-state index is 13.9. The number of alkyl halides is 3. The van der Waals surface area contributed by atoms with Gasteiger partial charge in [-0.1, -0.05) is 75.8 Å². The number of aromatic nitrogens is 1. The molecule has 0 spiro atoms. The van der Waals surface area contributed by atoms with Crippen LogP contribution in [0.3, 0.4) is 0 Å². The summed E-state index contributed by atoms with van der Waals surface area (Å²) in [6.45, 7) is 0. The van der Waals surface area contributed by atoms with Gasteiger partial charge >= 0.3 is 6.18 Å². The maximum absolute atomic E-state index is 13.9. The summed E-state index contributed by atoms with van der Waals surface area (Å²) in [5.41, 5.74) is 4.71. The highest BCUT2D eigenvalue weighted by molar-refractivity contribution is 9.10. The molecule has 2 aliphatic rings. The molecule has 4 nitrogen and oxygen atoms in total. The minimum Gasteiger partial charge on any atom is -0.457 e. The van der Waals surface area contributed by atoms with E-state index in [0.29, 0.717) is 20.7 Å². The minimum atomic E-state index is -4.45. The molecule has 0 unspecified atom stereocenters. The van der Waals surface area contributed by atoms with Crippen LogP contribution >= 0.6 is 27.3 Å². The van der Waals surface area contributed by atoms with E-state index in [1.165, 1.54) is 23.0 Å². The largest absolute Gasteiger partial charge is 0.457 e. The lowest BCUT2D eigenvalue weighted by molar-refractivity contribution is -0.137. The second kappa shape index (κ2) is 9.85. The monoisotopic (exact) mass is 632 g/mol.